The second kappa shape index (κ2) is 3.19. The van der Waals surface area contributed by atoms with Gasteiger partial charge in [-0.3, -0.25) is 0 Å². The zero-order valence-electron chi connectivity index (χ0n) is 9.06. The van der Waals surface area contributed by atoms with Crippen LogP contribution in [0.15, 0.2) is 6.07 Å². The number of fused-ring (bicyclic) bond motifs is 1. The highest BCUT2D eigenvalue weighted by Crippen LogP contribution is 2.49. The molecule has 0 aliphatic heterocycles. The van der Waals surface area contributed by atoms with Gasteiger partial charge in [0.05, 0.1) is 6.10 Å². The summed E-state index contributed by atoms with van der Waals surface area (Å²) in [4.78, 5) is 0. The van der Waals surface area contributed by atoms with Crippen LogP contribution < -0.4 is 0 Å². The van der Waals surface area contributed by atoms with E-state index in [1.807, 2.05) is 13.8 Å². The van der Waals surface area contributed by atoms with E-state index in [-0.39, 0.29) is 11.2 Å². The molecule has 0 heterocycles. The van der Waals surface area contributed by atoms with Gasteiger partial charge in [-0.25, -0.2) is 4.39 Å². The Morgan fingerprint density at radius 1 is 1.53 bits per heavy atom. The Hall–Kier alpha value is -0.600. The van der Waals surface area contributed by atoms with Gasteiger partial charge >= 0.3 is 0 Å². The first kappa shape index (κ1) is 10.9. The number of hydrogen-bond donors (Lipinski definition) is 1. The zero-order valence-corrected chi connectivity index (χ0v) is 9.82. The molecule has 1 atom stereocenters. The van der Waals surface area contributed by atoms with Gasteiger partial charge in [0.25, 0.3) is 0 Å². The Morgan fingerprint density at radius 2 is 2.13 bits per heavy atom. The van der Waals surface area contributed by atoms with Crippen LogP contribution in [0.2, 0.25) is 5.02 Å². The van der Waals surface area contributed by atoms with Gasteiger partial charge in [-0.2, -0.15) is 0 Å². The third kappa shape index (κ3) is 1.47. The van der Waals surface area contributed by atoms with E-state index in [4.69, 9.17) is 11.6 Å². The Bertz CT molecular complexity index is 426. The monoisotopic (exact) mass is 228 g/mol. The molecule has 0 unspecified atom stereocenters. The maximum atomic E-state index is 13.5. The number of hydrogen-bond acceptors (Lipinski definition) is 1. The van der Waals surface area contributed by atoms with Crippen LogP contribution in [-0.2, 0) is 5.41 Å². The van der Waals surface area contributed by atoms with Gasteiger partial charge in [-0.15, -0.1) is 0 Å². The Balaban J connectivity index is 2.78. The van der Waals surface area contributed by atoms with E-state index in [1.54, 1.807) is 6.92 Å². The van der Waals surface area contributed by atoms with Crippen molar-refractivity contribution in [2.45, 2.75) is 38.7 Å². The molecule has 1 aliphatic rings. The van der Waals surface area contributed by atoms with E-state index >= 15 is 0 Å². The quantitative estimate of drug-likeness (QED) is 0.721. The highest BCUT2D eigenvalue weighted by molar-refractivity contribution is 6.31. The number of halogens is 2. The summed E-state index contributed by atoms with van der Waals surface area (Å²) in [5, 5.41) is 10.3. The Kier molecular flexibility index (Phi) is 2.32. The van der Waals surface area contributed by atoms with Crippen LogP contribution in [-0.4, -0.2) is 5.11 Å². The van der Waals surface area contributed by atoms with Crippen LogP contribution in [0.4, 0.5) is 4.39 Å². The largest absolute Gasteiger partial charge is 0.388 e. The summed E-state index contributed by atoms with van der Waals surface area (Å²) >= 11 is 6.05. The van der Waals surface area contributed by atoms with Crippen molar-refractivity contribution in [1.82, 2.24) is 0 Å². The van der Waals surface area contributed by atoms with Gasteiger partial charge in [-0.05, 0) is 41.5 Å². The minimum Gasteiger partial charge on any atom is -0.388 e. The molecule has 3 heteroatoms. The van der Waals surface area contributed by atoms with Gasteiger partial charge < -0.3 is 5.11 Å². The van der Waals surface area contributed by atoms with Crippen LogP contribution >= 0.6 is 11.6 Å². The van der Waals surface area contributed by atoms with Crippen molar-refractivity contribution < 1.29 is 9.50 Å². The maximum Gasteiger partial charge on any atom is 0.127 e. The first-order valence-corrected chi connectivity index (χ1v) is 5.39. The second-order valence-corrected chi connectivity index (χ2v) is 5.26. The molecule has 1 N–H and O–H groups in total. The third-order valence-corrected chi connectivity index (χ3v) is 3.54. The van der Waals surface area contributed by atoms with E-state index in [9.17, 15) is 9.50 Å². The molecule has 0 amide bonds. The first-order valence-electron chi connectivity index (χ1n) is 5.01. The Labute approximate surface area is 93.9 Å². The van der Waals surface area contributed by atoms with Crippen molar-refractivity contribution in [2.75, 3.05) is 0 Å². The van der Waals surface area contributed by atoms with Crippen molar-refractivity contribution in [3.05, 3.63) is 33.6 Å². The standard InChI is InChI=1S/C12H14ClFO/c1-6-8(14)4-7(13)11-10(6)9(15)5-12(11,2)3/h4,9,15H,5H2,1-3H3/t9-/m0/s1. The fraction of sp³-hybridized carbons (Fsp3) is 0.500. The van der Waals surface area contributed by atoms with Crippen LogP contribution in [0.25, 0.3) is 0 Å². The third-order valence-electron chi connectivity index (χ3n) is 3.24. The number of benzene rings is 1. The molecule has 0 spiro atoms. The smallest absolute Gasteiger partial charge is 0.127 e. The average Bonchev–Trinajstić information content (AvgIpc) is 2.32. The van der Waals surface area contributed by atoms with Crippen LogP contribution in [0.5, 0.6) is 0 Å². The van der Waals surface area contributed by atoms with Crippen molar-refractivity contribution in [3.63, 3.8) is 0 Å². The molecule has 15 heavy (non-hydrogen) atoms. The molecule has 0 saturated carbocycles. The van der Waals surface area contributed by atoms with Crippen molar-refractivity contribution in [3.8, 4) is 0 Å². The SMILES string of the molecule is Cc1c(F)cc(Cl)c2c1[C@@H](O)CC2(C)C. The van der Waals surface area contributed by atoms with Gasteiger partial charge in [0, 0.05) is 5.02 Å². The molecule has 2 rings (SSSR count). The zero-order chi connectivity index (χ0) is 11.4. The predicted octanol–water partition coefficient (Wildman–Crippen LogP) is 3.50. The first-order chi connectivity index (χ1) is 6.84. The van der Waals surface area contributed by atoms with E-state index in [2.05, 4.69) is 0 Å². The summed E-state index contributed by atoms with van der Waals surface area (Å²) in [5.74, 6) is -0.337. The van der Waals surface area contributed by atoms with Crippen LogP contribution in [0, 0.1) is 12.7 Å². The molecule has 0 fully saturated rings. The van der Waals surface area contributed by atoms with E-state index in [0.29, 0.717) is 22.6 Å². The summed E-state index contributed by atoms with van der Waals surface area (Å²) in [5.41, 5.74) is 1.93. The fourth-order valence-corrected chi connectivity index (χ4v) is 2.98. The molecule has 82 valence electrons. The summed E-state index contributed by atoms with van der Waals surface area (Å²) in [6, 6.07) is 1.34. The predicted molar refractivity (Wildman–Crippen MR) is 58.7 cm³/mol. The topological polar surface area (TPSA) is 20.2 Å². The van der Waals surface area contributed by atoms with E-state index < -0.39 is 6.10 Å². The van der Waals surface area contributed by atoms with Crippen molar-refractivity contribution in [1.29, 1.82) is 0 Å². The van der Waals surface area contributed by atoms with Crippen LogP contribution in [0.1, 0.15) is 43.1 Å². The molecule has 1 nitrogen and oxygen atoms in total. The fourth-order valence-electron chi connectivity index (χ4n) is 2.53. The van der Waals surface area contributed by atoms with Gasteiger partial charge in [0.15, 0.2) is 0 Å². The number of aliphatic hydroxyl groups excluding tert-OH is 1. The lowest BCUT2D eigenvalue weighted by molar-refractivity contribution is 0.161. The Morgan fingerprint density at radius 3 is 2.73 bits per heavy atom. The minimum atomic E-state index is -0.594. The van der Waals surface area contributed by atoms with Crippen LogP contribution in [0.3, 0.4) is 0 Å². The lowest BCUT2D eigenvalue weighted by Crippen LogP contribution is -2.13. The maximum absolute atomic E-state index is 13.5. The molecule has 1 aromatic carbocycles. The molecular weight excluding hydrogens is 215 g/mol. The molecule has 1 aromatic rings. The minimum absolute atomic E-state index is 0.176. The molecule has 1 aliphatic carbocycles. The molecular formula is C12H14ClFO. The summed E-state index contributed by atoms with van der Waals surface area (Å²) in [7, 11) is 0. The lowest BCUT2D eigenvalue weighted by Gasteiger charge is -2.20. The molecule has 0 bridgehead atoms. The molecule has 0 radical (unpaired) electrons. The van der Waals surface area contributed by atoms with Gasteiger partial charge in [-0.1, -0.05) is 25.4 Å². The molecule has 0 aromatic heterocycles. The van der Waals surface area contributed by atoms with Crippen molar-refractivity contribution >= 4 is 11.6 Å². The summed E-state index contributed by atoms with van der Waals surface area (Å²) in [6.07, 6.45) is 0.00926. The number of rotatable bonds is 0. The second-order valence-electron chi connectivity index (χ2n) is 4.86. The summed E-state index contributed by atoms with van der Waals surface area (Å²) in [6.45, 7) is 5.73. The molecule has 0 saturated heterocycles. The highest BCUT2D eigenvalue weighted by atomic mass is 35.5. The van der Waals surface area contributed by atoms with E-state index in [0.717, 1.165) is 5.56 Å². The van der Waals surface area contributed by atoms with E-state index in [1.165, 1.54) is 6.07 Å². The highest BCUT2D eigenvalue weighted by Gasteiger charge is 2.39. The van der Waals surface area contributed by atoms with Gasteiger partial charge in [0.2, 0.25) is 0 Å². The van der Waals surface area contributed by atoms with Gasteiger partial charge in [0.1, 0.15) is 5.82 Å². The van der Waals surface area contributed by atoms with Crippen molar-refractivity contribution in [2.24, 2.45) is 0 Å². The summed E-state index contributed by atoms with van der Waals surface area (Å²) < 4.78 is 13.5. The average molecular weight is 229 g/mol. The number of aliphatic hydroxyl groups is 1. The lowest BCUT2D eigenvalue weighted by atomic mass is 9.86. The normalized spacial score (nSPS) is 22.9.